The van der Waals surface area contributed by atoms with E-state index < -0.39 is 0 Å². The Morgan fingerprint density at radius 2 is 2.12 bits per heavy atom. The molecule has 0 N–H and O–H groups in total. The van der Waals surface area contributed by atoms with Crippen molar-refractivity contribution >= 4 is 33.5 Å². The van der Waals surface area contributed by atoms with E-state index in [0.717, 1.165) is 29.3 Å². The fourth-order valence-corrected chi connectivity index (χ4v) is 3.09. The average Bonchev–Trinajstić information content (AvgIpc) is 2.56. The zero-order valence-electron chi connectivity index (χ0n) is 10.3. The van der Waals surface area contributed by atoms with Gasteiger partial charge >= 0.3 is 0 Å². The molecule has 2 heterocycles. The molecule has 1 aliphatic rings. The number of aromatic nitrogens is 2. The molecule has 0 aliphatic carbocycles. The third kappa shape index (κ3) is 3.58. The van der Waals surface area contributed by atoms with E-state index in [1.54, 1.807) is 0 Å². The van der Waals surface area contributed by atoms with Crippen molar-refractivity contribution in [2.45, 2.75) is 26.2 Å². The molecule has 0 amide bonds. The first-order valence-electron chi connectivity index (χ1n) is 6.04. The third-order valence-electron chi connectivity index (χ3n) is 2.76. The quantitative estimate of drug-likeness (QED) is 0.783. The highest BCUT2D eigenvalue weighted by molar-refractivity contribution is 9.10. The van der Waals surface area contributed by atoms with Crippen molar-refractivity contribution in [2.24, 2.45) is 0 Å². The number of anilines is 1. The Hall–Kier alpha value is -0.290. The van der Waals surface area contributed by atoms with Crippen LogP contribution in [0.2, 0.25) is 0 Å². The molecule has 5 heteroatoms. The van der Waals surface area contributed by atoms with Crippen LogP contribution in [0, 0.1) is 0 Å². The van der Waals surface area contributed by atoms with Crippen molar-refractivity contribution in [2.75, 3.05) is 29.5 Å². The van der Waals surface area contributed by atoms with E-state index >= 15 is 0 Å². The zero-order chi connectivity index (χ0) is 12.3. The van der Waals surface area contributed by atoms with Crippen LogP contribution in [0.3, 0.4) is 0 Å². The second kappa shape index (κ2) is 6.05. The van der Waals surface area contributed by atoms with E-state index in [1.165, 1.54) is 17.9 Å². The van der Waals surface area contributed by atoms with Crippen LogP contribution in [0.4, 0.5) is 5.82 Å². The number of hydrogen-bond acceptors (Lipinski definition) is 4. The highest BCUT2D eigenvalue weighted by Gasteiger charge is 2.14. The molecule has 17 heavy (non-hydrogen) atoms. The van der Waals surface area contributed by atoms with Crippen LogP contribution < -0.4 is 4.90 Å². The van der Waals surface area contributed by atoms with Gasteiger partial charge in [0.25, 0.3) is 0 Å². The SMILES string of the molecule is CC(C)c1nc(Br)cc(N2CCCSCC2)n1. The monoisotopic (exact) mass is 315 g/mol. The molecule has 3 nitrogen and oxygen atoms in total. The topological polar surface area (TPSA) is 29.0 Å². The Kier molecular flexibility index (Phi) is 4.68. The lowest BCUT2D eigenvalue weighted by Crippen LogP contribution is -2.27. The summed E-state index contributed by atoms with van der Waals surface area (Å²) in [4.78, 5) is 11.5. The van der Waals surface area contributed by atoms with Crippen molar-refractivity contribution in [1.82, 2.24) is 9.97 Å². The van der Waals surface area contributed by atoms with Crippen molar-refractivity contribution in [3.63, 3.8) is 0 Å². The molecular formula is C12H18BrN3S. The Bertz CT molecular complexity index is 376. The Labute approximate surface area is 116 Å². The van der Waals surface area contributed by atoms with Crippen LogP contribution in [0.5, 0.6) is 0 Å². The van der Waals surface area contributed by atoms with E-state index in [-0.39, 0.29) is 0 Å². The maximum absolute atomic E-state index is 4.67. The van der Waals surface area contributed by atoms with Gasteiger partial charge < -0.3 is 4.90 Å². The maximum atomic E-state index is 4.67. The van der Waals surface area contributed by atoms with Crippen LogP contribution in [0.25, 0.3) is 0 Å². The molecule has 0 bridgehead atoms. The molecule has 0 unspecified atom stereocenters. The molecule has 1 aromatic heterocycles. The van der Waals surface area contributed by atoms with Crippen molar-refractivity contribution in [1.29, 1.82) is 0 Å². The minimum atomic E-state index is 0.368. The van der Waals surface area contributed by atoms with Gasteiger partial charge in [-0.05, 0) is 28.1 Å². The van der Waals surface area contributed by atoms with Gasteiger partial charge in [0.05, 0.1) is 0 Å². The van der Waals surface area contributed by atoms with E-state index in [9.17, 15) is 0 Å². The first kappa shape index (κ1) is 13.1. The fourth-order valence-electron chi connectivity index (χ4n) is 1.82. The first-order chi connectivity index (χ1) is 8.16. The van der Waals surface area contributed by atoms with E-state index in [1.807, 2.05) is 17.8 Å². The summed E-state index contributed by atoms with van der Waals surface area (Å²) in [5.41, 5.74) is 0. The minimum Gasteiger partial charge on any atom is -0.356 e. The summed E-state index contributed by atoms with van der Waals surface area (Å²) in [5.74, 6) is 4.82. The summed E-state index contributed by atoms with van der Waals surface area (Å²) in [6, 6.07) is 2.03. The fraction of sp³-hybridized carbons (Fsp3) is 0.667. The highest BCUT2D eigenvalue weighted by Crippen LogP contribution is 2.22. The summed E-state index contributed by atoms with van der Waals surface area (Å²) in [6.45, 7) is 6.45. The lowest BCUT2D eigenvalue weighted by Gasteiger charge is -2.22. The lowest BCUT2D eigenvalue weighted by atomic mass is 10.2. The van der Waals surface area contributed by atoms with Crippen molar-refractivity contribution in [3.05, 3.63) is 16.5 Å². The summed E-state index contributed by atoms with van der Waals surface area (Å²) in [5, 5.41) is 0. The van der Waals surface area contributed by atoms with Gasteiger partial charge in [-0.25, -0.2) is 9.97 Å². The molecule has 0 aromatic carbocycles. The highest BCUT2D eigenvalue weighted by atomic mass is 79.9. The van der Waals surface area contributed by atoms with Crippen LogP contribution in [-0.4, -0.2) is 34.6 Å². The Balaban J connectivity index is 2.23. The number of halogens is 1. The molecule has 0 saturated carbocycles. The van der Waals surface area contributed by atoms with Gasteiger partial charge in [0.2, 0.25) is 0 Å². The second-order valence-electron chi connectivity index (χ2n) is 4.51. The largest absolute Gasteiger partial charge is 0.356 e. The molecule has 1 aliphatic heterocycles. The molecule has 0 spiro atoms. The summed E-state index contributed by atoms with van der Waals surface area (Å²) >= 11 is 5.52. The van der Waals surface area contributed by atoms with E-state index in [2.05, 4.69) is 44.6 Å². The predicted octanol–water partition coefficient (Wildman–Crippen LogP) is 3.31. The summed E-state index contributed by atoms with van der Waals surface area (Å²) in [7, 11) is 0. The summed E-state index contributed by atoms with van der Waals surface area (Å²) in [6.07, 6.45) is 1.24. The summed E-state index contributed by atoms with van der Waals surface area (Å²) < 4.78 is 0.892. The number of thioether (sulfide) groups is 1. The van der Waals surface area contributed by atoms with Gasteiger partial charge in [0.15, 0.2) is 0 Å². The molecule has 0 radical (unpaired) electrons. The Morgan fingerprint density at radius 1 is 1.29 bits per heavy atom. The van der Waals surface area contributed by atoms with Crippen molar-refractivity contribution in [3.8, 4) is 0 Å². The smallest absolute Gasteiger partial charge is 0.134 e. The first-order valence-corrected chi connectivity index (χ1v) is 7.99. The van der Waals surface area contributed by atoms with Gasteiger partial charge in [-0.15, -0.1) is 0 Å². The minimum absolute atomic E-state index is 0.368. The molecule has 1 saturated heterocycles. The second-order valence-corrected chi connectivity index (χ2v) is 6.55. The normalized spacial score (nSPS) is 17.3. The number of rotatable bonds is 2. The van der Waals surface area contributed by atoms with Gasteiger partial charge in [0, 0.05) is 30.8 Å². The zero-order valence-corrected chi connectivity index (χ0v) is 12.7. The Morgan fingerprint density at radius 3 is 2.88 bits per heavy atom. The van der Waals surface area contributed by atoms with Crippen molar-refractivity contribution < 1.29 is 0 Å². The average molecular weight is 316 g/mol. The third-order valence-corrected chi connectivity index (χ3v) is 4.22. The lowest BCUT2D eigenvalue weighted by molar-refractivity contribution is 0.742. The van der Waals surface area contributed by atoms with Gasteiger partial charge in [0.1, 0.15) is 16.2 Å². The van der Waals surface area contributed by atoms with Gasteiger partial charge in [-0.3, -0.25) is 0 Å². The van der Waals surface area contributed by atoms with Crippen LogP contribution >= 0.6 is 27.7 Å². The van der Waals surface area contributed by atoms with Gasteiger partial charge in [-0.2, -0.15) is 11.8 Å². The number of nitrogens with zero attached hydrogens (tertiary/aromatic N) is 3. The molecule has 1 aromatic rings. The maximum Gasteiger partial charge on any atom is 0.134 e. The molecule has 94 valence electrons. The number of hydrogen-bond donors (Lipinski definition) is 0. The predicted molar refractivity (Wildman–Crippen MR) is 78.0 cm³/mol. The molecular weight excluding hydrogens is 298 g/mol. The van der Waals surface area contributed by atoms with E-state index in [0.29, 0.717) is 5.92 Å². The molecule has 2 rings (SSSR count). The van der Waals surface area contributed by atoms with Crippen LogP contribution in [-0.2, 0) is 0 Å². The standard InChI is InChI=1S/C12H18BrN3S/c1-9(2)12-14-10(13)8-11(15-12)16-4-3-6-17-7-5-16/h8-9H,3-7H2,1-2H3. The molecule has 0 atom stereocenters. The van der Waals surface area contributed by atoms with Gasteiger partial charge in [-0.1, -0.05) is 13.8 Å². The molecule has 1 fully saturated rings. The van der Waals surface area contributed by atoms with E-state index in [4.69, 9.17) is 0 Å². The van der Waals surface area contributed by atoms with Crippen LogP contribution in [0.15, 0.2) is 10.7 Å². The van der Waals surface area contributed by atoms with Crippen LogP contribution in [0.1, 0.15) is 32.0 Å².